The predicted molar refractivity (Wildman–Crippen MR) is 67.5 cm³/mol. The van der Waals surface area contributed by atoms with Gasteiger partial charge in [-0.2, -0.15) is 0 Å². The van der Waals surface area contributed by atoms with Crippen LogP contribution in [0.3, 0.4) is 0 Å². The van der Waals surface area contributed by atoms with Gasteiger partial charge in [0.05, 0.1) is 15.6 Å². The molecule has 2 nitrogen and oxygen atoms in total. The zero-order chi connectivity index (χ0) is 11.7. The summed E-state index contributed by atoms with van der Waals surface area (Å²) in [7, 11) is 0. The lowest BCUT2D eigenvalue weighted by molar-refractivity contribution is 0.513. The predicted octanol–water partition coefficient (Wildman–Crippen LogP) is 4.16. The average molecular weight is 261 g/mol. The average Bonchev–Trinajstić information content (AvgIpc) is 2.64. The Labute approximate surface area is 103 Å². The molecule has 0 unspecified atom stereocenters. The van der Waals surface area contributed by atoms with Crippen molar-refractivity contribution in [3.8, 4) is 0 Å². The van der Waals surface area contributed by atoms with Gasteiger partial charge in [0.2, 0.25) is 0 Å². The summed E-state index contributed by atoms with van der Waals surface area (Å²) >= 11 is 12.1. The van der Waals surface area contributed by atoms with Gasteiger partial charge in [0.25, 0.3) is 0 Å². The molecule has 0 aliphatic carbocycles. The van der Waals surface area contributed by atoms with E-state index in [1.54, 1.807) is 6.07 Å². The van der Waals surface area contributed by atoms with E-state index < -0.39 is 6.67 Å². The second kappa shape index (κ2) is 4.52. The summed E-state index contributed by atoms with van der Waals surface area (Å²) < 4.78 is 12.2. The Bertz CT molecular complexity index is 522. The summed E-state index contributed by atoms with van der Waals surface area (Å²) in [5, 5.41) is 4.91. The van der Waals surface area contributed by atoms with Crippen LogP contribution in [0.1, 0.15) is 5.56 Å². The summed E-state index contributed by atoms with van der Waals surface area (Å²) in [6, 6.07) is 1.72. The van der Waals surface area contributed by atoms with Crippen LogP contribution in [0.15, 0.2) is 12.3 Å². The van der Waals surface area contributed by atoms with Crippen molar-refractivity contribution in [1.82, 2.24) is 4.98 Å². The van der Waals surface area contributed by atoms with Gasteiger partial charge in [0.1, 0.15) is 6.67 Å². The van der Waals surface area contributed by atoms with E-state index >= 15 is 0 Å². The second-order valence-corrected chi connectivity index (χ2v) is 4.34. The van der Waals surface area contributed by atoms with Gasteiger partial charge in [-0.3, -0.25) is 0 Å². The number of aromatic amines is 1. The van der Waals surface area contributed by atoms with Crippen molar-refractivity contribution in [1.29, 1.82) is 0 Å². The summed E-state index contributed by atoms with van der Waals surface area (Å²) in [6.45, 7) is 1.80. The standard InChI is InChI=1S/C11H11Cl2FN2/c1-6-5-16-11-9(6)8(15-3-2-14)4-7(12)10(11)13/h4-5,15-16H,2-3H2,1H3. The second-order valence-electron chi connectivity index (χ2n) is 3.56. The highest BCUT2D eigenvalue weighted by Crippen LogP contribution is 2.37. The molecule has 0 saturated carbocycles. The maximum atomic E-state index is 12.2. The number of fused-ring (bicyclic) bond motifs is 1. The summed E-state index contributed by atoms with van der Waals surface area (Å²) in [5.74, 6) is 0. The number of nitrogens with one attached hydrogen (secondary N) is 2. The van der Waals surface area contributed by atoms with Gasteiger partial charge < -0.3 is 10.3 Å². The van der Waals surface area contributed by atoms with Gasteiger partial charge in [0, 0.05) is 23.8 Å². The molecule has 0 radical (unpaired) electrons. The van der Waals surface area contributed by atoms with Crippen LogP contribution in [-0.4, -0.2) is 18.2 Å². The van der Waals surface area contributed by atoms with Crippen molar-refractivity contribution in [3.05, 3.63) is 27.9 Å². The lowest BCUT2D eigenvalue weighted by atomic mass is 10.1. The molecule has 0 aliphatic heterocycles. The largest absolute Gasteiger partial charge is 0.382 e. The van der Waals surface area contributed by atoms with E-state index in [0.29, 0.717) is 10.0 Å². The molecule has 0 spiro atoms. The minimum absolute atomic E-state index is 0.262. The summed E-state index contributed by atoms with van der Waals surface area (Å²) in [4.78, 5) is 3.06. The zero-order valence-electron chi connectivity index (χ0n) is 8.70. The van der Waals surface area contributed by atoms with Crippen molar-refractivity contribution in [3.63, 3.8) is 0 Å². The SMILES string of the molecule is Cc1c[nH]c2c(Cl)c(Cl)cc(NCCF)c12. The van der Waals surface area contributed by atoms with Crippen molar-refractivity contribution >= 4 is 39.8 Å². The highest BCUT2D eigenvalue weighted by Gasteiger charge is 2.12. The highest BCUT2D eigenvalue weighted by atomic mass is 35.5. The van der Waals surface area contributed by atoms with E-state index in [-0.39, 0.29) is 6.54 Å². The maximum absolute atomic E-state index is 12.2. The normalized spacial score (nSPS) is 11.0. The lowest BCUT2D eigenvalue weighted by Crippen LogP contribution is -2.03. The topological polar surface area (TPSA) is 27.8 Å². The Morgan fingerprint density at radius 1 is 1.44 bits per heavy atom. The molecule has 0 fully saturated rings. The zero-order valence-corrected chi connectivity index (χ0v) is 10.2. The molecule has 0 atom stereocenters. The van der Waals surface area contributed by atoms with E-state index in [1.807, 2.05) is 13.1 Å². The van der Waals surface area contributed by atoms with Gasteiger partial charge in [-0.25, -0.2) is 4.39 Å². The number of alkyl halides is 1. The molecular formula is C11H11Cl2FN2. The summed E-state index contributed by atoms with van der Waals surface area (Å²) in [6.07, 6.45) is 1.85. The number of aryl methyl sites for hydroxylation is 1. The number of benzene rings is 1. The van der Waals surface area contributed by atoms with Gasteiger partial charge >= 0.3 is 0 Å². The molecule has 2 N–H and O–H groups in total. The molecule has 0 saturated heterocycles. The quantitative estimate of drug-likeness (QED) is 0.852. The molecule has 0 bridgehead atoms. The number of hydrogen-bond acceptors (Lipinski definition) is 1. The van der Waals surface area contributed by atoms with E-state index in [2.05, 4.69) is 10.3 Å². The fraction of sp³-hybridized carbons (Fsp3) is 0.273. The fourth-order valence-electron chi connectivity index (χ4n) is 1.75. The van der Waals surface area contributed by atoms with E-state index in [4.69, 9.17) is 23.2 Å². The van der Waals surface area contributed by atoms with Gasteiger partial charge in [0.15, 0.2) is 0 Å². The third-order valence-electron chi connectivity index (χ3n) is 2.46. The first-order valence-electron chi connectivity index (χ1n) is 4.90. The van der Waals surface area contributed by atoms with E-state index in [0.717, 1.165) is 22.2 Å². The number of H-pyrrole nitrogens is 1. The van der Waals surface area contributed by atoms with Gasteiger partial charge in [-0.1, -0.05) is 23.2 Å². The first kappa shape index (κ1) is 11.6. The third-order valence-corrected chi connectivity index (χ3v) is 3.24. The van der Waals surface area contributed by atoms with Crippen LogP contribution in [0.2, 0.25) is 10.0 Å². The molecule has 5 heteroatoms. The molecular weight excluding hydrogens is 250 g/mol. The Morgan fingerprint density at radius 3 is 2.88 bits per heavy atom. The van der Waals surface area contributed by atoms with Crippen molar-refractivity contribution < 1.29 is 4.39 Å². The highest BCUT2D eigenvalue weighted by molar-refractivity contribution is 6.45. The third kappa shape index (κ3) is 1.85. The van der Waals surface area contributed by atoms with Gasteiger partial charge in [-0.15, -0.1) is 0 Å². The number of aromatic nitrogens is 1. The van der Waals surface area contributed by atoms with Gasteiger partial charge in [-0.05, 0) is 18.6 Å². The molecule has 2 aromatic rings. The minimum atomic E-state index is -0.425. The van der Waals surface area contributed by atoms with Crippen molar-refractivity contribution in [2.45, 2.75) is 6.92 Å². The summed E-state index contributed by atoms with van der Waals surface area (Å²) in [5.41, 5.74) is 2.64. The Morgan fingerprint density at radius 2 is 2.19 bits per heavy atom. The molecule has 1 aromatic heterocycles. The molecule has 2 rings (SSSR count). The number of halogens is 3. The van der Waals surface area contributed by atoms with Crippen LogP contribution in [0.5, 0.6) is 0 Å². The molecule has 0 aliphatic rings. The van der Waals surface area contributed by atoms with Crippen LogP contribution in [0.4, 0.5) is 10.1 Å². The van der Waals surface area contributed by atoms with Crippen LogP contribution in [-0.2, 0) is 0 Å². The Hall–Kier alpha value is -0.930. The lowest BCUT2D eigenvalue weighted by Gasteiger charge is -2.09. The molecule has 1 aromatic carbocycles. The van der Waals surface area contributed by atoms with E-state index in [1.165, 1.54) is 0 Å². The number of rotatable bonds is 3. The monoisotopic (exact) mass is 260 g/mol. The molecule has 86 valence electrons. The first-order chi connectivity index (χ1) is 7.65. The Kier molecular flexibility index (Phi) is 3.26. The fourth-order valence-corrected chi connectivity index (χ4v) is 2.15. The molecule has 1 heterocycles. The smallest absolute Gasteiger partial charge is 0.107 e. The van der Waals surface area contributed by atoms with Crippen molar-refractivity contribution in [2.75, 3.05) is 18.5 Å². The number of hydrogen-bond donors (Lipinski definition) is 2. The molecule has 16 heavy (non-hydrogen) atoms. The maximum Gasteiger partial charge on any atom is 0.107 e. The van der Waals surface area contributed by atoms with Crippen LogP contribution in [0, 0.1) is 6.92 Å². The van der Waals surface area contributed by atoms with Crippen LogP contribution < -0.4 is 5.32 Å². The Balaban J connectivity index is 2.62. The van der Waals surface area contributed by atoms with E-state index in [9.17, 15) is 4.39 Å². The molecule has 0 amide bonds. The minimum Gasteiger partial charge on any atom is -0.382 e. The van der Waals surface area contributed by atoms with Crippen molar-refractivity contribution in [2.24, 2.45) is 0 Å². The number of anilines is 1. The van der Waals surface area contributed by atoms with Crippen LogP contribution >= 0.6 is 23.2 Å². The van der Waals surface area contributed by atoms with Crippen LogP contribution in [0.25, 0.3) is 10.9 Å². The first-order valence-corrected chi connectivity index (χ1v) is 5.66.